The summed E-state index contributed by atoms with van der Waals surface area (Å²) in [7, 11) is 0. The maximum absolute atomic E-state index is 11.6. The third kappa shape index (κ3) is 4.50. The molecular formula is C26H23N3O. The summed E-state index contributed by atoms with van der Waals surface area (Å²) in [6, 6.07) is 29.3. The van der Waals surface area contributed by atoms with Crippen molar-refractivity contribution in [1.82, 2.24) is 15.2 Å². The Morgan fingerprint density at radius 1 is 0.800 bits per heavy atom. The van der Waals surface area contributed by atoms with E-state index in [4.69, 9.17) is 0 Å². The zero-order valence-electron chi connectivity index (χ0n) is 16.8. The van der Waals surface area contributed by atoms with Crippen molar-refractivity contribution >= 4 is 6.08 Å². The van der Waals surface area contributed by atoms with E-state index in [1.165, 1.54) is 0 Å². The van der Waals surface area contributed by atoms with Gasteiger partial charge in [0.15, 0.2) is 5.82 Å². The van der Waals surface area contributed by atoms with Crippen LogP contribution in [0.15, 0.2) is 97.1 Å². The number of aryl methyl sites for hydroxylation is 1. The first-order valence-electron chi connectivity index (χ1n) is 9.92. The number of benzene rings is 3. The van der Waals surface area contributed by atoms with E-state index in [2.05, 4.69) is 15.2 Å². The van der Waals surface area contributed by atoms with Crippen LogP contribution in [-0.2, 0) is 12.0 Å². The highest BCUT2D eigenvalue weighted by Crippen LogP contribution is 2.29. The molecule has 30 heavy (non-hydrogen) atoms. The lowest BCUT2D eigenvalue weighted by Crippen LogP contribution is -2.27. The van der Waals surface area contributed by atoms with Crippen molar-refractivity contribution in [3.8, 4) is 11.4 Å². The smallest absolute Gasteiger partial charge is 0.181 e. The minimum atomic E-state index is -1.23. The first-order valence-corrected chi connectivity index (χ1v) is 9.92. The van der Waals surface area contributed by atoms with Gasteiger partial charge in [-0.05, 0) is 24.1 Å². The molecule has 0 fully saturated rings. The van der Waals surface area contributed by atoms with Gasteiger partial charge >= 0.3 is 0 Å². The van der Waals surface area contributed by atoms with Crippen LogP contribution in [0.3, 0.4) is 0 Å². The van der Waals surface area contributed by atoms with Gasteiger partial charge in [0.2, 0.25) is 0 Å². The summed E-state index contributed by atoms with van der Waals surface area (Å²) < 4.78 is 0. The zero-order valence-corrected chi connectivity index (χ0v) is 16.8. The summed E-state index contributed by atoms with van der Waals surface area (Å²) >= 11 is 0. The van der Waals surface area contributed by atoms with Gasteiger partial charge < -0.3 is 5.11 Å². The minimum Gasteiger partial charge on any atom is -0.381 e. The molecule has 0 saturated carbocycles. The SMILES string of the molecule is Cc1nc(-c2ccccc2)nnc1CC(O)(/C=C/c1ccccc1)c1ccccc1. The highest BCUT2D eigenvalue weighted by molar-refractivity contribution is 5.54. The highest BCUT2D eigenvalue weighted by atomic mass is 16.3. The summed E-state index contributed by atoms with van der Waals surface area (Å²) in [5, 5.41) is 20.3. The van der Waals surface area contributed by atoms with Crippen LogP contribution in [0.25, 0.3) is 17.5 Å². The lowest BCUT2D eigenvalue weighted by Gasteiger charge is -2.25. The molecule has 0 radical (unpaired) electrons. The van der Waals surface area contributed by atoms with E-state index < -0.39 is 5.60 Å². The van der Waals surface area contributed by atoms with Gasteiger partial charge in [0, 0.05) is 12.0 Å². The largest absolute Gasteiger partial charge is 0.381 e. The Labute approximate surface area is 176 Å². The van der Waals surface area contributed by atoms with E-state index in [0.717, 1.165) is 22.4 Å². The molecule has 0 aliphatic rings. The van der Waals surface area contributed by atoms with Crippen LogP contribution in [0.2, 0.25) is 0 Å². The second kappa shape index (κ2) is 8.80. The van der Waals surface area contributed by atoms with Crippen molar-refractivity contribution < 1.29 is 5.11 Å². The monoisotopic (exact) mass is 393 g/mol. The molecular weight excluding hydrogens is 370 g/mol. The zero-order chi connectivity index (χ0) is 20.8. The Morgan fingerprint density at radius 3 is 2.03 bits per heavy atom. The lowest BCUT2D eigenvalue weighted by atomic mass is 9.87. The van der Waals surface area contributed by atoms with Crippen molar-refractivity contribution in [2.45, 2.75) is 18.9 Å². The van der Waals surface area contributed by atoms with Gasteiger partial charge in [0.25, 0.3) is 0 Å². The molecule has 0 aliphatic heterocycles. The fraction of sp³-hybridized carbons (Fsp3) is 0.115. The van der Waals surface area contributed by atoms with Gasteiger partial charge in [-0.2, -0.15) is 5.10 Å². The van der Waals surface area contributed by atoms with Crippen LogP contribution < -0.4 is 0 Å². The standard InChI is InChI=1S/C26H23N3O/c1-20-24(28-29-25(27-20)22-13-7-3-8-14-22)19-26(30,23-15-9-4-10-16-23)18-17-21-11-5-2-6-12-21/h2-18,30H,19H2,1H3/b18-17+. The van der Waals surface area contributed by atoms with Crippen molar-refractivity contribution in [3.05, 3.63) is 120 Å². The summed E-state index contributed by atoms with van der Waals surface area (Å²) in [5.41, 5.74) is 2.93. The third-order valence-corrected chi connectivity index (χ3v) is 5.05. The van der Waals surface area contributed by atoms with E-state index >= 15 is 0 Å². The Kier molecular flexibility index (Phi) is 5.77. The summed E-state index contributed by atoms with van der Waals surface area (Å²) in [6.07, 6.45) is 4.03. The number of nitrogens with zero attached hydrogens (tertiary/aromatic N) is 3. The van der Waals surface area contributed by atoms with E-state index in [9.17, 15) is 5.11 Å². The molecule has 4 rings (SSSR count). The molecule has 4 aromatic rings. The predicted octanol–water partition coefficient (Wildman–Crippen LogP) is 4.99. The van der Waals surface area contributed by atoms with Crippen LogP contribution in [0.5, 0.6) is 0 Å². The fourth-order valence-electron chi connectivity index (χ4n) is 3.34. The highest BCUT2D eigenvalue weighted by Gasteiger charge is 2.28. The molecule has 0 bridgehead atoms. The Bertz CT molecular complexity index is 1130. The first kappa shape index (κ1) is 19.7. The van der Waals surface area contributed by atoms with E-state index in [-0.39, 0.29) is 6.42 Å². The van der Waals surface area contributed by atoms with Crippen LogP contribution in [0.4, 0.5) is 0 Å². The van der Waals surface area contributed by atoms with Crippen molar-refractivity contribution in [2.24, 2.45) is 0 Å². The van der Waals surface area contributed by atoms with E-state index in [0.29, 0.717) is 11.5 Å². The van der Waals surface area contributed by atoms with Gasteiger partial charge in [0.05, 0.1) is 11.4 Å². The van der Waals surface area contributed by atoms with Gasteiger partial charge in [0.1, 0.15) is 5.60 Å². The quantitative estimate of drug-likeness (QED) is 0.501. The van der Waals surface area contributed by atoms with Crippen molar-refractivity contribution in [1.29, 1.82) is 0 Å². The van der Waals surface area contributed by atoms with Crippen molar-refractivity contribution in [3.63, 3.8) is 0 Å². The summed E-state index contributed by atoms with van der Waals surface area (Å²) in [6.45, 7) is 1.91. The second-order valence-electron chi connectivity index (χ2n) is 7.24. The van der Waals surface area contributed by atoms with E-state index in [1.54, 1.807) is 0 Å². The maximum atomic E-state index is 11.6. The van der Waals surface area contributed by atoms with E-state index in [1.807, 2.05) is 110 Å². The molecule has 1 unspecified atom stereocenters. The molecule has 0 amide bonds. The molecule has 4 heteroatoms. The predicted molar refractivity (Wildman–Crippen MR) is 120 cm³/mol. The normalized spacial score (nSPS) is 13.3. The number of hydrogen-bond acceptors (Lipinski definition) is 4. The molecule has 1 aromatic heterocycles. The Hall–Kier alpha value is -3.63. The third-order valence-electron chi connectivity index (χ3n) is 5.05. The molecule has 1 N–H and O–H groups in total. The first-order chi connectivity index (χ1) is 14.6. The van der Waals surface area contributed by atoms with Crippen LogP contribution >= 0.6 is 0 Å². The number of hydrogen-bond donors (Lipinski definition) is 1. The molecule has 0 saturated heterocycles. The lowest BCUT2D eigenvalue weighted by molar-refractivity contribution is 0.0890. The molecule has 3 aromatic carbocycles. The van der Waals surface area contributed by atoms with Gasteiger partial charge in [-0.1, -0.05) is 97.1 Å². The average molecular weight is 393 g/mol. The topological polar surface area (TPSA) is 58.9 Å². The minimum absolute atomic E-state index is 0.279. The molecule has 0 aliphatic carbocycles. The Morgan fingerprint density at radius 2 is 1.40 bits per heavy atom. The summed E-state index contributed by atoms with van der Waals surface area (Å²) in [4.78, 5) is 4.63. The Balaban J connectivity index is 1.68. The number of aromatic nitrogens is 3. The molecule has 1 heterocycles. The maximum Gasteiger partial charge on any atom is 0.181 e. The van der Waals surface area contributed by atoms with Crippen molar-refractivity contribution in [2.75, 3.05) is 0 Å². The van der Waals surface area contributed by atoms with Gasteiger partial charge in [-0.3, -0.25) is 0 Å². The molecule has 1 atom stereocenters. The molecule has 0 spiro atoms. The number of rotatable bonds is 6. The van der Waals surface area contributed by atoms with Crippen LogP contribution in [0, 0.1) is 6.92 Å². The fourth-order valence-corrected chi connectivity index (χ4v) is 3.34. The van der Waals surface area contributed by atoms with Gasteiger partial charge in [-0.25, -0.2) is 4.98 Å². The number of aliphatic hydroxyl groups is 1. The molecule has 148 valence electrons. The van der Waals surface area contributed by atoms with Crippen LogP contribution in [0.1, 0.15) is 22.5 Å². The van der Waals surface area contributed by atoms with Gasteiger partial charge in [-0.15, -0.1) is 5.10 Å². The second-order valence-corrected chi connectivity index (χ2v) is 7.24. The van der Waals surface area contributed by atoms with Crippen LogP contribution in [-0.4, -0.2) is 20.3 Å². The molecule has 4 nitrogen and oxygen atoms in total. The summed E-state index contributed by atoms with van der Waals surface area (Å²) in [5.74, 6) is 0.583. The average Bonchev–Trinajstić information content (AvgIpc) is 2.81.